The fourth-order valence-corrected chi connectivity index (χ4v) is 4.89. The fourth-order valence-electron chi connectivity index (χ4n) is 4.89. The number of aryl methyl sites for hydroxylation is 2. The molecular formula is C25H31N3O4. The van der Waals surface area contributed by atoms with Gasteiger partial charge in [0.05, 0.1) is 13.7 Å². The Morgan fingerprint density at radius 3 is 2.84 bits per heavy atom. The van der Waals surface area contributed by atoms with Crippen molar-refractivity contribution in [1.82, 2.24) is 15.4 Å². The summed E-state index contributed by atoms with van der Waals surface area (Å²) in [5.41, 5.74) is 7.61. The Morgan fingerprint density at radius 2 is 2.06 bits per heavy atom. The number of nitrogens with one attached hydrogen (secondary N) is 2. The summed E-state index contributed by atoms with van der Waals surface area (Å²) in [6.07, 6.45) is 5.65. The number of benzene rings is 2. The van der Waals surface area contributed by atoms with E-state index in [1.54, 1.807) is 12.6 Å². The predicted molar refractivity (Wildman–Crippen MR) is 123 cm³/mol. The molecule has 4 rings (SSSR count). The highest BCUT2D eigenvalue weighted by molar-refractivity contribution is 5.83. The Bertz CT molecular complexity index is 1080. The zero-order chi connectivity index (χ0) is 22.5. The molecule has 0 saturated heterocycles. The second-order valence-electron chi connectivity index (χ2n) is 8.32. The van der Waals surface area contributed by atoms with Crippen molar-refractivity contribution in [1.29, 1.82) is 0 Å². The van der Waals surface area contributed by atoms with Crippen LogP contribution >= 0.6 is 0 Å². The Hall–Kier alpha value is -2.87. The number of carbonyl (C=O) groups is 1. The van der Waals surface area contributed by atoms with Crippen LogP contribution in [-0.4, -0.2) is 52.9 Å². The molecular weight excluding hydrogens is 406 g/mol. The number of aliphatic hydroxyl groups excluding tert-OH is 1. The summed E-state index contributed by atoms with van der Waals surface area (Å²) >= 11 is 0. The molecule has 1 aliphatic carbocycles. The van der Waals surface area contributed by atoms with E-state index in [0.717, 1.165) is 42.6 Å². The minimum absolute atomic E-state index is 0.116. The summed E-state index contributed by atoms with van der Waals surface area (Å²) in [7, 11) is 1.64. The summed E-state index contributed by atoms with van der Waals surface area (Å²) in [5.74, 6) is 0.360. The second-order valence-corrected chi connectivity index (χ2v) is 8.32. The zero-order valence-corrected chi connectivity index (χ0v) is 18.4. The minimum Gasteiger partial charge on any atom is -0.496 e. The van der Waals surface area contributed by atoms with Crippen molar-refractivity contribution in [3.63, 3.8) is 0 Å². The van der Waals surface area contributed by atoms with Gasteiger partial charge in [0.25, 0.3) is 0 Å². The fraction of sp³-hybridized carbons (Fsp3) is 0.400. The largest absolute Gasteiger partial charge is 0.496 e. The van der Waals surface area contributed by atoms with Crippen LogP contribution in [0.25, 0.3) is 10.9 Å². The van der Waals surface area contributed by atoms with E-state index in [1.807, 2.05) is 6.07 Å². The van der Waals surface area contributed by atoms with E-state index in [9.17, 15) is 9.90 Å². The predicted octanol–water partition coefficient (Wildman–Crippen LogP) is 3.14. The number of hydroxylamine groups is 1. The van der Waals surface area contributed by atoms with Crippen LogP contribution in [0.5, 0.6) is 5.75 Å². The topological polar surface area (TPSA) is 97.8 Å². The molecule has 1 amide bonds. The highest BCUT2D eigenvalue weighted by Crippen LogP contribution is 2.40. The van der Waals surface area contributed by atoms with Gasteiger partial charge in [-0.25, -0.2) is 5.48 Å². The van der Waals surface area contributed by atoms with Gasteiger partial charge in [-0.3, -0.25) is 14.9 Å². The quantitative estimate of drug-likeness (QED) is 0.289. The van der Waals surface area contributed by atoms with E-state index in [1.165, 1.54) is 22.1 Å². The Labute approximate surface area is 188 Å². The number of hydrogen-bond acceptors (Lipinski definition) is 5. The average Bonchev–Trinajstić information content (AvgIpc) is 3.43. The number of H-pyrrole nitrogens is 1. The molecule has 0 radical (unpaired) electrons. The van der Waals surface area contributed by atoms with Crippen molar-refractivity contribution in [2.75, 3.05) is 26.8 Å². The molecule has 1 aliphatic rings. The number of rotatable bonds is 10. The van der Waals surface area contributed by atoms with Gasteiger partial charge in [-0.05, 0) is 60.1 Å². The monoisotopic (exact) mass is 437 g/mol. The second kappa shape index (κ2) is 10.2. The number of aromatic nitrogens is 1. The van der Waals surface area contributed by atoms with Gasteiger partial charge in [-0.2, -0.15) is 0 Å². The number of aliphatic hydroxyl groups is 1. The van der Waals surface area contributed by atoms with E-state index in [0.29, 0.717) is 13.0 Å². The highest BCUT2D eigenvalue weighted by atomic mass is 16.5. The van der Waals surface area contributed by atoms with Gasteiger partial charge in [0.1, 0.15) is 5.75 Å². The van der Waals surface area contributed by atoms with Crippen LogP contribution in [0.1, 0.15) is 41.1 Å². The molecule has 0 saturated carbocycles. The maximum Gasteiger partial charge on any atom is 0.243 e. The first-order chi connectivity index (χ1) is 15.6. The van der Waals surface area contributed by atoms with Gasteiger partial charge in [-0.15, -0.1) is 0 Å². The lowest BCUT2D eigenvalue weighted by Crippen LogP contribution is -2.32. The number of ether oxygens (including phenoxy) is 1. The molecule has 1 heterocycles. The van der Waals surface area contributed by atoms with Crippen molar-refractivity contribution in [3.05, 3.63) is 64.8 Å². The molecule has 7 heteroatoms. The maximum absolute atomic E-state index is 11.4. The lowest BCUT2D eigenvalue weighted by atomic mass is 9.99. The molecule has 3 aromatic rings. The standard InChI is InChI=1S/C25H31N3O4/c1-32-24-15-21-17(14-18(24)7-9-25(30)27-31)6-8-23(21)28(12-13-29)11-10-19-16-26-22-5-3-2-4-20(19)22/h2-5,14-16,23,26,29,31H,6-13H2,1H3,(H,27,30). The third kappa shape index (κ3) is 4.65. The van der Waals surface area contributed by atoms with Crippen LogP contribution in [0.2, 0.25) is 0 Å². The molecule has 1 unspecified atom stereocenters. The lowest BCUT2D eigenvalue weighted by Gasteiger charge is -2.29. The third-order valence-corrected chi connectivity index (χ3v) is 6.51. The molecule has 1 aromatic heterocycles. The minimum atomic E-state index is -0.406. The Balaban J connectivity index is 1.52. The van der Waals surface area contributed by atoms with Gasteiger partial charge >= 0.3 is 0 Å². The van der Waals surface area contributed by atoms with Crippen LogP contribution in [0, 0.1) is 0 Å². The van der Waals surface area contributed by atoms with E-state index < -0.39 is 5.91 Å². The number of hydrogen-bond donors (Lipinski definition) is 4. The van der Waals surface area contributed by atoms with Gasteiger partial charge in [0, 0.05) is 42.7 Å². The Kier molecular flexibility index (Phi) is 7.09. The summed E-state index contributed by atoms with van der Waals surface area (Å²) in [5, 5.41) is 19.7. The first-order valence-electron chi connectivity index (χ1n) is 11.2. The summed E-state index contributed by atoms with van der Waals surface area (Å²) in [6, 6.07) is 12.8. The highest BCUT2D eigenvalue weighted by Gasteiger charge is 2.29. The van der Waals surface area contributed by atoms with Crippen LogP contribution in [0.3, 0.4) is 0 Å². The van der Waals surface area contributed by atoms with Crippen LogP contribution < -0.4 is 10.2 Å². The molecule has 0 spiro atoms. The number of carbonyl (C=O) groups excluding carboxylic acids is 1. The molecule has 0 aliphatic heterocycles. The Morgan fingerprint density at radius 1 is 1.22 bits per heavy atom. The number of nitrogens with zero attached hydrogens (tertiary/aromatic N) is 1. The van der Waals surface area contributed by atoms with Gasteiger partial charge in [0.15, 0.2) is 0 Å². The molecule has 1 atom stereocenters. The number of aromatic amines is 1. The van der Waals surface area contributed by atoms with Crippen LogP contribution in [0.15, 0.2) is 42.6 Å². The van der Waals surface area contributed by atoms with Crippen molar-refractivity contribution < 1.29 is 19.8 Å². The van der Waals surface area contributed by atoms with Crippen molar-refractivity contribution >= 4 is 16.8 Å². The van der Waals surface area contributed by atoms with Gasteiger partial charge in [0.2, 0.25) is 5.91 Å². The van der Waals surface area contributed by atoms with E-state index in [4.69, 9.17) is 9.94 Å². The van der Waals surface area contributed by atoms with E-state index >= 15 is 0 Å². The summed E-state index contributed by atoms with van der Waals surface area (Å²) < 4.78 is 5.63. The smallest absolute Gasteiger partial charge is 0.243 e. The zero-order valence-electron chi connectivity index (χ0n) is 18.4. The molecule has 7 nitrogen and oxygen atoms in total. The van der Waals surface area contributed by atoms with E-state index in [2.05, 4.69) is 46.4 Å². The molecule has 2 aromatic carbocycles. The van der Waals surface area contributed by atoms with E-state index in [-0.39, 0.29) is 19.1 Å². The van der Waals surface area contributed by atoms with Crippen molar-refractivity contribution in [2.45, 2.75) is 38.1 Å². The van der Waals surface area contributed by atoms with Gasteiger partial charge in [-0.1, -0.05) is 24.3 Å². The van der Waals surface area contributed by atoms with Crippen LogP contribution in [-0.2, 0) is 24.1 Å². The number of fused-ring (bicyclic) bond motifs is 2. The van der Waals surface area contributed by atoms with Crippen molar-refractivity contribution in [3.8, 4) is 5.75 Å². The van der Waals surface area contributed by atoms with Crippen LogP contribution in [0.4, 0.5) is 0 Å². The molecule has 4 N–H and O–H groups in total. The normalized spacial score (nSPS) is 15.3. The number of para-hydroxylation sites is 1. The summed E-state index contributed by atoms with van der Waals surface area (Å²) in [4.78, 5) is 17.2. The summed E-state index contributed by atoms with van der Waals surface area (Å²) in [6.45, 7) is 1.59. The number of amides is 1. The average molecular weight is 438 g/mol. The molecule has 170 valence electrons. The first kappa shape index (κ1) is 22.3. The third-order valence-electron chi connectivity index (χ3n) is 6.51. The molecule has 0 fully saturated rings. The molecule has 32 heavy (non-hydrogen) atoms. The van der Waals surface area contributed by atoms with Gasteiger partial charge < -0.3 is 14.8 Å². The maximum atomic E-state index is 11.4. The first-order valence-corrected chi connectivity index (χ1v) is 11.2. The van der Waals surface area contributed by atoms with Crippen molar-refractivity contribution in [2.24, 2.45) is 0 Å². The molecule has 0 bridgehead atoms. The number of methoxy groups -OCH3 is 1. The SMILES string of the molecule is COc1cc2c(cc1CCC(=O)NO)CCC2N(CCO)CCc1c[nH]c2ccccc12. The lowest BCUT2D eigenvalue weighted by molar-refractivity contribution is -0.129.